The zero-order valence-corrected chi connectivity index (χ0v) is 17.1. The van der Waals surface area contributed by atoms with Crippen LogP contribution in [0.2, 0.25) is 0 Å². The van der Waals surface area contributed by atoms with Crippen molar-refractivity contribution in [3.05, 3.63) is 102 Å². The number of aromatic nitrogens is 2. The number of methoxy groups -OCH3 is 1. The molecule has 4 rings (SSSR count). The van der Waals surface area contributed by atoms with Gasteiger partial charge in [-0.1, -0.05) is 30.3 Å². The maximum atomic E-state index is 12.5. The molecule has 0 aliphatic heterocycles. The van der Waals surface area contributed by atoms with Crippen molar-refractivity contribution in [2.24, 2.45) is 0 Å². The van der Waals surface area contributed by atoms with Crippen LogP contribution in [0.15, 0.2) is 84.9 Å². The van der Waals surface area contributed by atoms with E-state index in [1.165, 1.54) is 7.11 Å². The first kappa shape index (κ1) is 20.1. The van der Waals surface area contributed by atoms with E-state index < -0.39 is 11.9 Å². The molecule has 154 valence electrons. The van der Waals surface area contributed by atoms with Gasteiger partial charge in [-0.05, 0) is 61.5 Å². The molecule has 0 atom stereocenters. The molecular formula is C25H20N2O4. The van der Waals surface area contributed by atoms with Crippen molar-refractivity contribution < 1.29 is 19.1 Å². The van der Waals surface area contributed by atoms with Crippen LogP contribution < -0.4 is 4.74 Å². The molecule has 1 heterocycles. The lowest BCUT2D eigenvalue weighted by molar-refractivity contribution is 0.0600. The summed E-state index contributed by atoms with van der Waals surface area (Å²) in [6.45, 7) is 1.94. The number of aryl methyl sites for hydroxylation is 1. The van der Waals surface area contributed by atoms with Crippen LogP contribution in [0.25, 0.3) is 16.9 Å². The minimum absolute atomic E-state index is 0.343. The van der Waals surface area contributed by atoms with Crippen molar-refractivity contribution in [2.45, 2.75) is 6.92 Å². The lowest BCUT2D eigenvalue weighted by atomic mass is 10.1. The van der Waals surface area contributed by atoms with E-state index in [1.807, 2.05) is 60.1 Å². The van der Waals surface area contributed by atoms with E-state index in [2.05, 4.69) is 9.84 Å². The molecule has 0 bridgehead atoms. The van der Waals surface area contributed by atoms with E-state index in [0.29, 0.717) is 16.9 Å². The average Bonchev–Trinajstić information content (AvgIpc) is 3.21. The monoisotopic (exact) mass is 412 g/mol. The Kier molecular flexibility index (Phi) is 5.62. The number of carbonyl (C=O) groups is 2. The molecule has 0 spiro atoms. The summed E-state index contributed by atoms with van der Waals surface area (Å²) in [5.41, 5.74) is 4.56. The van der Waals surface area contributed by atoms with Gasteiger partial charge in [0, 0.05) is 5.56 Å². The van der Waals surface area contributed by atoms with Crippen molar-refractivity contribution in [2.75, 3.05) is 7.11 Å². The van der Waals surface area contributed by atoms with E-state index in [9.17, 15) is 9.59 Å². The van der Waals surface area contributed by atoms with Crippen molar-refractivity contribution in [3.8, 4) is 22.7 Å². The van der Waals surface area contributed by atoms with Crippen molar-refractivity contribution in [3.63, 3.8) is 0 Å². The highest BCUT2D eigenvalue weighted by molar-refractivity contribution is 5.92. The van der Waals surface area contributed by atoms with Gasteiger partial charge in [0.05, 0.1) is 35.3 Å². The van der Waals surface area contributed by atoms with E-state index in [1.54, 1.807) is 36.4 Å². The minimum Gasteiger partial charge on any atom is -0.465 e. The first-order valence-electron chi connectivity index (χ1n) is 9.68. The summed E-state index contributed by atoms with van der Waals surface area (Å²) in [5.74, 6) is -0.592. The Hall–Kier alpha value is -4.19. The lowest BCUT2D eigenvalue weighted by Crippen LogP contribution is -2.09. The first-order valence-corrected chi connectivity index (χ1v) is 9.68. The van der Waals surface area contributed by atoms with Crippen LogP contribution in [-0.4, -0.2) is 28.8 Å². The van der Waals surface area contributed by atoms with Crippen LogP contribution in [0.3, 0.4) is 0 Å². The maximum absolute atomic E-state index is 12.5. The second kappa shape index (κ2) is 8.67. The van der Waals surface area contributed by atoms with Crippen LogP contribution in [0.5, 0.6) is 5.75 Å². The highest BCUT2D eigenvalue weighted by atomic mass is 16.5. The summed E-state index contributed by atoms with van der Waals surface area (Å²) >= 11 is 0. The third-order valence-electron chi connectivity index (χ3n) is 4.73. The first-order chi connectivity index (χ1) is 15.0. The second-order valence-electron chi connectivity index (χ2n) is 6.90. The molecular weight excluding hydrogens is 392 g/mol. The predicted octanol–water partition coefficient (Wildman–Crippen LogP) is 4.85. The zero-order valence-electron chi connectivity index (χ0n) is 17.1. The third kappa shape index (κ3) is 4.38. The van der Waals surface area contributed by atoms with E-state index in [0.717, 1.165) is 22.6 Å². The van der Waals surface area contributed by atoms with Gasteiger partial charge in [0.25, 0.3) is 0 Å². The smallest absolute Gasteiger partial charge is 0.343 e. The highest BCUT2D eigenvalue weighted by Gasteiger charge is 2.13. The lowest BCUT2D eigenvalue weighted by Gasteiger charge is -2.09. The summed E-state index contributed by atoms with van der Waals surface area (Å²) in [6, 6.07) is 25.3. The molecule has 3 aromatic carbocycles. The molecule has 0 N–H and O–H groups in total. The summed E-state index contributed by atoms with van der Waals surface area (Å²) in [4.78, 5) is 24.0. The van der Waals surface area contributed by atoms with Crippen LogP contribution in [-0.2, 0) is 4.74 Å². The molecule has 1 aromatic heterocycles. The quantitative estimate of drug-likeness (QED) is 0.346. The zero-order chi connectivity index (χ0) is 21.8. The number of hydrogen-bond donors (Lipinski definition) is 0. The van der Waals surface area contributed by atoms with Crippen molar-refractivity contribution in [1.82, 2.24) is 9.78 Å². The molecule has 0 amide bonds. The van der Waals surface area contributed by atoms with Gasteiger partial charge in [-0.3, -0.25) is 0 Å². The standard InChI is InChI=1S/C25H20N2O4/c1-17-16-23(18-6-4-3-5-7-18)27(26-17)21-12-8-20(9-13-21)25(29)31-22-14-10-19(11-15-22)24(28)30-2/h3-16H,1-2H3. The molecule has 0 saturated heterocycles. The number of rotatable bonds is 5. The topological polar surface area (TPSA) is 70.4 Å². The molecule has 31 heavy (non-hydrogen) atoms. The van der Waals surface area contributed by atoms with Gasteiger partial charge < -0.3 is 9.47 Å². The fraction of sp³-hybridized carbons (Fsp3) is 0.0800. The molecule has 0 unspecified atom stereocenters. The number of benzene rings is 3. The normalized spacial score (nSPS) is 10.5. The molecule has 0 fully saturated rings. The Labute approximate surface area is 179 Å². The fourth-order valence-electron chi connectivity index (χ4n) is 3.19. The Bertz CT molecular complexity index is 1210. The summed E-state index contributed by atoms with van der Waals surface area (Å²) < 4.78 is 11.9. The molecule has 0 saturated carbocycles. The van der Waals surface area contributed by atoms with Crippen LogP contribution >= 0.6 is 0 Å². The van der Waals surface area contributed by atoms with Gasteiger partial charge in [-0.15, -0.1) is 0 Å². The van der Waals surface area contributed by atoms with Gasteiger partial charge >= 0.3 is 11.9 Å². The number of esters is 2. The van der Waals surface area contributed by atoms with Crippen molar-refractivity contribution >= 4 is 11.9 Å². The molecule has 0 aliphatic rings. The SMILES string of the molecule is COC(=O)c1ccc(OC(=O)c2ccc(-n3nc(C)cc3-c3ccccc3)cc2)cc1. The van der Waals surface area contributed by atoms with Crippen LogP contribution in [0, 0.1) is 6.92 Å². The number of ether oxygens (including phenoxy) is 2. The number of hydrogen-bond acceptors (Lipinski definition) is 5. The van der Waals surface area contributed by atoms with E-state index >= 15 is 0 Å². The van der Waals surface area contributed by atoms with Gasteiger partial charge in [-0.2, -0.15) is 5.10 Å². The van der Waals surface area contributed by atoms with Gasteiger partial charge in [0.2, 0.25) is 0 Å². The van der Waals surface area contributed by atoms with Gasteiger partial charge in [0.15, 0.2) is 0 Å². The maximum Gasteiger partial charge on any atom is 0.343 e. The fourth-order valence-corrected chi connectivity index (χ4v) is 3.19. The average molecular weight is 412 g/mol. The largest absolute Gasteiger partial charge is 0.465 e. The highest BCUT2D eigenvalue weighted by Crippen LogP contribution is 2.24. The van der Waals surface area contributed by atoms with Gasteiger partial charge in [0.1, 0.15) is 5.75 Å². The molecule has 0 aliphatic carbocycles. The third-order valence-corrected chi connectivity index (χ3v) is 4.73. The number of nitrogens with zero attached hydrogens (tertiary/aromatic N) is 2. The predicted molar refractivity (Wildman–Crippen MR) is 116 cm³/mol. The van der Waals surface area contributed by atoms with Crippen LogP contribution in [0.1, 0.15) is 26.4 Å². The Morgan fingerprint density at radius 3 is 2.06 bits per heavy atom. The summed E-state index contributed by atoms with van der Waals surface area (Å²) in [7, 11) is 1.31. The second-order valence-corrected chi connectivity index (χ2v) is 6.90. The Morgan fingerprint density at radius 1 is 0.806 bits per heavy atom. The molecule has 0 radical (unpaired) electrons. The Morgan fingerprint density at radius 2 is 1.42 bits per heavy atom. The Balaban J connectivity index is 1.53. The van der Waals surface area contributed by atoms with E-state index in [4.69, 9.17) is 4.74 Å². The number of carbonyl (C=O) groups excluding carboxylic acids is 2. The van der Waals surface area contributed by atoms with E-state index in [-0.39, 0.29) is 0 Å². The summed E-state index contributed by atoms with van der Waals surface area (Å²) in [6.07, 6.45) is 0. The van der Waals surface area contributed by atoms with Crippen LogP contribution in [0.4, 0.5) is 0 Å². The molecule has 6 heteroatoms. The molecule has 4 aromatic rings. The van der Waals surface area contributed by atoms with Gasteiger partial charge in [-0.25, -0.2) is 14.3 Å². The van der Waals surface area contributed by atoms with Crippen molar-refractivity contribution in [1.29, 1.82) is 0 Å². The summed E-state index contributed by atoms with van der Waals surface area (Å²) in [5, 5.41) is 4.59. The minimum atomic E-state index is -0.489. The molecule has 6 nitrogen and oxygen atoms in total.